The average Bonchev–Trinajstić information content (AvgIpc) is 2.49. The summed E-state index contributed by atoms with van der Waals surface area (Å²) in [5, 5.41) is 0. The molecule has 1 aliphatic rings. The van der Waals surface area contributed by atoms with E-state index >= 15 is 0 Å². The lowest BCUT2D eigenvalue weighted by Crippen LogP contribution is -2.32. The lowest BCUT2D eigenvalue weighted by molar-refractivity contribution is 0.204. The zero-order valence-electron chi connectivity index (χ0n) is 12.6. The molecule has 1 aliphatic heterocycles. The fourth-order valence-electron chi connectivity index (χ4n) is 3.34. The first-order valence-corrected chi connectivity index (χ1v) is 8.54. The summed E-state index contributed by atoms with van der Waals surface area (Å²) in [5.41, 5.74) is 4.39. The number of hydrogen-bond donors (Lipinski definition) is 0. The third kappa shape index (κ3) is 3.75. The summed E-state index contributed by atoms with van der Waals surface area (Å²) in [7, 11) is 0. The van der Waals surface area contributed by atoms with Gasteiger partial charge in [0.1, 0.15) is 0 Å². The maximum absolute atomic E-state index is 3.56. The lowest BCUT2D eigenvalue weighted by Gasteiger charge is -2.33. The Kier molecular flexibility index (Phi) is 4.77. The summed E-state index contributed by atoms with van der Waals surface area (Å²) >= 11 is 3.56. The SMILES string of the molecule is Cc1cc(Br)ccc1C1CCN(Cc2ccccc2)CC1. The third-order valence-corrected chi connectivity index (χ3v) is 5.00. The number of aryl methyl sites for hydroxylation is 1. The fourth-order valence-corrected chi connectivity index (χ4v) is 3.82. The zero-order chi connectivity index (χ0) is 14.7. The molecule has 0 spiro atoms. The van der Waals surface area contributed by atoms with E-state index in [0.717, 1.165) is 12.5 Å². The molecule has 110 valence electrons. The Morgan fingerprint density at radius 2 is 1.76 bits per heavy atom. The van der Waals surface area contributed by atoms with Crippen molar-refractivity contribution in [1.82, 2.24) is 4.90 Å². The number of benzene rings is 2. The van der Waals surface area contributed by atoms with E-state index < -0.39 is 0 Å². The molecule has 2 aromatic rings. The van der Waals surface area contributed by atoms with Gasteiger partial charge in [0.15, 0.2) is 0 Å². The molecule has 0 saturated carbocycles. The summed E-state index contributed by atoms with van der Waals surface area (Å²) in [6.45, 7) is 5.73. The quantitative estimate of drug-likeness (QED) is 0.745. The Morgan fingerprint density at radius 1 is 1.05 bits per heavy atom. The van der Waals surface area contributed by atoms with Gasteiger partial charge in [-0.05, 0) is 67.6 Å². The van der Waals surface area contributed by atoms with Gasteiger partial charge in [0.2, 0.25) is 0 Å². The van der Waals surface area contributed by atoms with E-state index in [1.54, 1.807) is 0 Å². The highest BCUT2D eigenvalue weighted by atomic mass is 79.9. The van der Waals surface area contributed by atoms with Gasteiger partial charge < -0.3 is 0 Å². The largest absolute Gasteiger partial charge is 0.299 e. The second-order valence-corrected chi connectivity index (χ2v) is 6.95. The van der Waals surface area contributed by atoms with Crippen molar-refractivity contribution in [3.63, 3.8) is 0 Å². The topological polar surface area (TPSA) is 3.24 Å². The van der Waals surface area contributed by atoms with E-state index in [9.17, 15) is 0 Å². The van der Waals surface area contributed by atoms with E-state index in [2.05, 4.69) is 76.3 Å². The van der Waals surface area contributed by atoms with Gasteiger partial charge in [-0.2, -0.15) is 0 Å². The summed E-state index contributed by atoms with van der Waals surface area (Å²) in [4.78, 5) is 2.58. The zero-order valence-corrected chi connectivity index (χ0v) is 14.1. The number of nitrogens with zero attached hydrogens (tertiary/aromatic N) is 1. The standard InChI is InChI=1S/C19H22BrN/c1-15-13-18(20)7-8-19(15)17-9-11-21(12-10-17)14-16-5-3-2-4-6-16/h2-8,13,17H,9-12,14H2,1H3. The van der Waals surface area contributed by atoms with Crippen LogP contribution in [0.15, 0.2) is 53.0 Å². The Morgan fingerprint density at radius 3 is 2.43 bits per heavy atom. The van der Waals surface area contributed by atoms with Crippen molar-refractivity contribution in [2.24, 2.45) is 0 Å². The molecule has 1 saturated heterocycles. The minimum absolute atomic E-state index is 0.727. The maximum Gasteiger partial charge on any atom is 0.0233 e. The number of likely N-dealkylation sites (tertiary alicyclic amines) is 1. The van der Waals surface area contributed by atoms with Crippen LogP contribution in [0.2, 0.25) is 0 Å². The van der Waals surface area contributed by atoms with Crippen LogP contribution >= 0.6 is 15.9 Å². The van der Waals surface area contributed by atoms with Crippen molar-refractivity contribution < 1.29 is 0 Å². The fraction of sp³-hybridized carbons (Fsp3) is 0.368. The molecule has 0 amide bonds. The third-order valence-electron chi connectivity index (χ3n) is 4.51. The number of piperidine rings is 1. The van der Waals surface area contributed by atoms with E-state index in [-0.39, 0.29) is 0 Å². The van der Waals surface area contributed by atoms with E-state index in [1.807, 2.05) is 0 Å². The molecule has 0 atom stereocenters. The van der Waals surface area contributed by atoms with Crippen LogP contribution in [-0.2, 0) is 6.54 Å². The van der Waals surface area contributed by atoms with Crippen LogP contribution in [0.3, 0.4) is 0 Å². The minimum Gasteiger partial charge on any atom is -0.299 e. The second-order valence-electron chi connectivity index (χ2n) is 6.04. The Hall–Kier alpha value is -1.12. The second kappa shape index (κ2) is 6.76. The predicted octanol–water partition coefficient (Wildman–Crippen LogP) is 5.14. The minimum atomic E-state index is 0.727. The normalized spacial score (nSPS) is 17.0. The van der Waals surface area contributed by atoms with Crippen LogP contribution in [0.1, 0.15) is 35.4 Å². The average molecular weight is 344 g/mol. The van der Waals surface area contributed by atoms with Crippen molar-refractivity contribution in [3.8, 4) is 0 Å². The molecule has 3 rings (SSSR count). The van der Waals surface area contributed by atoms with Crippen molar-refractivity contribution >= 4 is 15.9 Å². The molecule has 0 aromatic heterocycles. The van der Waals surface area contributed by atoms with Crippen molar-refractivity contribution in [3.05, 3.63) is 69.7 Å². The van der Waals surface area contributed by atoms with Gasteiger partial charge >= 0.3 is 0 Å². The Balaban J connectivity index is 1.60. The van der Waals surface area contributed by atoms with Crippen LogP contribution in [0.5, 0.6) is 0 Å². The van der Waals surface area contributed by atoms with Crippen molar-refractivity contribution in [2.75, 3.05) is 13.1 Å². The maximum atomic E-state index is 3.56. The van der Waals surface area contributed by atoms with Crippen LogP contribution < -0.4 is 0 Å². The van der Waals surface area contributed by atoms with E-state index in [0.29, 0.717) is 0 Å². The summed E-state index contributed by atoms with van der Waals surface area (Å²) in [6.07, 6.45) is 2.55. The molecule has 1 fully saturated rings. The monoisotopic (exact) mass is 343 g/mol. The van der Waals surface area contributed by atoms with Crippen molar-refractivity contribution in [2.45, 2.75) is 32.2 Å². The summed E-state index contributed by atoms with van der Waals surface area (Å²) < 4.78 is 1.19. The molecule has 21 heavy (non-hydrogen) atoms. The van der Waals surface area contributed by atoms with Gasteiger partial charge in [0, 0.05) is 11.0 Å². The first-order chi connectivity index (χ1) is 10.2. The molecule has 0 radical (unpaired) electrons. The molecule has 1 nitrogen and oxygen atoms in total. The Bertz CT molecular complexity index is 586. The molecule has 2 aromatic carbocycles. The molecule has 0 aliphatic carbocycles. The highest BCUT2D eigenvalue weighted by Gasteiger charge is 2.21. The van der Waals surface area contributed by atoms with Crippen LogP contribution in [-0.4, -0.2) is 18.0 Å². The van der Waals surface area contributed by atoms with Crippen LogP contribution in [0.25, 0.3) is 0 Å². The number of halogens is 1. The van der Waals surface area contributed by atoms with Gasteiger partial charge in [-0.3, -0.25) is 4.90 Å². The highest BCUT2D eigenvalue weighted by molar-refractivity contribution is 9.10. The van der Waals surface area contributed by atoms with E-state index in [4.69, 9.17) is 0 Å². The van der Waals surface area contributed by atoms with Gasteiger partial charge in [0.25, 0.3) is 0 Å². The molecule has 2 heteroatoms. The van der Waals surface area contributed by atoms with Gasteiger partial charge in [-0.25, -0.2) is 0 Å². The molecule has 0 bridgehead atoms. The lowest BCUT2D eigenvalue weighted by atomic mass is 9.87. The smallest absolute Gasteiger partial charge is 0.0233 e. The molecule has 0 unspecified atom stereocenters. The van der Waals surface area contributed by atoms with Gasteiger partial charge in [-0.15, -0.1) is 0 Å². The van der Waals surface area contributed by atoms with Crippen LogP contribution in [0, 0.1) is 6.92 Å². The first-order valence-electron chi connectivity index (χ1n) is 7.75. The van der Waals surface area contributed by atoms with Gasteiger partial charge in [-0.1, -0.05) is 52.3 Å². The molecular weight excluding hydrogens is 322 g/mol. The number of hydrogen-bond acceptors (Lipinski definition) is 1. The first kappa shape index (κ1) is 14.8. The molecule has 1 heterocycles. The van der Waals surface area contributed by atoms with Crippen LogP contribution in [0.4, 0.5) is 0 Å². The summed E-state index contributed by atoms with van der Waals surface area (Å²) in [5.74, 6) is 0.727. The predicted molar refractivity (Wildman–Crippen MR) is 92.6 cm³/mol. The highest BCUT2D eigenvalue weighted by Crippen LogP contribution is 2.31. The van der Waals surface area contributed by atoms with Gasteiger partial charge in [0.05, 0.1) is 0 Å². The summed E-state index contributed by atoms with van der Waals surface area (Å²) in [6, 6.07) is 17.5. The number of rotatable bonds is 3. The molecular formula is C19H22BrN. The van der Waals surface area contributed by atoms with Crippen molar-refractivity contribution in [1.29, 1.82) is 0 Å². The Labute approximate surface area is 136 Å². The van der Waals surface area contributed by atoms with E-state index in [1.165, 1.54) is 47.1 Å². The molecule has 0 N–H and O–H groups in total.